The normalized spacial score (nSPS) is 16.5. The molecule has 1 aromatic carbocycles. The van der Waals surface area contributed by atoms with Gasteiger partial charge in [-0.15, -0.1) is 0 Å². The minimum atomic E-state index is -0.212. The number of hydrogen-bond acceptors (Lipinski definition) is 5. The molecule has 0 radical (unpaired) electrons. The van der Waals surface area contributed by atoms with Crippen LogP contribution in [0.1, 0.15) is 5.56 Å². The molecular weight excluding hydrogens is 264 g/mol. The third-order valence-corrected chi connectivity index (χ3v) is 3.37. The van der Waals surface area contributed by atoms with Gasteiger partial charge < -0.3 is 14.8 Å². The van der Waals surface area contributed by atoms with E-state index in [1.165, 1.54) is 0 Å². The lowest BCUT2D eigenvalue weighted by Gasteiger charge is -2.08. The molecule has 0 unspecified atom stereocenters. The fourth-order valence-electron chi connectivity index (χ4n) is 1.68. The minimum absolute atomic E-state index is 0.212. The number of nitrogens with zero attached hydrogens (tertiary/aromatic N) is 1. The van der Waals surface area contributed by atoms with Crippen molar-refractivity contribution in [1.82, 2.24) is 5.32 Å². The molecule has 0 saturated carbocycles. The van der Waals surface area contributed by atoms with Crippen LogP contribution in [0.25, 0.3) is 6.08 Å². The molecular formula is C13H14N2O3S. The van der Waals surface area contributed by atoms with Crippen molar-refractivity contribution in [1.29, 1.82) is 0 Å². The molecule has 1 aliphatic heterocycles. The Labute approximate surface area is 115 Å². The summed E-state index contributed by atoms with van der Waals surface area (Å²) in [7, 11) is 4.91. The number of nitrogens with one attached hydrogen (secondary N) is 1. The monoisotopic (exact) mass is 278 g/mol. The van der Waals surface area contributed by atoms with E-state index in [0.29, 0.717) is 17.3 Å². The second-order valence-electron chi connectivity index (χ2n) is 3.70. The molecule has 5 nitrogen and oxygen atoms in total. The fourth-order valence-corrected chi connectivity index (χ4v) is 2.45. The lowest BCUT2D eigenvalue weighted by atomic mass is 10.2. The van der Waals surface area contributed by atoms with Crippen LogP contribution in [0, 0.1) is 0 Å². The van der Waals surface area contributed by atoms with E-state index in [0.717, 1.165) is 22.2 Å². The number of amidine groups is 1. The number of carbonyl (C=O) groups excluding carboxylic acids is 1. The molecule has 1 heterocycles. The third-order valence-electron chi connectivity index (χ3n) is 2.58. The van der Waals surface area contributed by atoms with Crippen molar-refractivity contribution in [2.45, 2.75) is 0 Å². The Morgan fingerprint density at radius 2 is 2.00 bits per heavy atom. The van der Waals surface area contributed by atoms with Crippen LogP contribution >= 0.6 is 11.8 Å². The van der Waals surface area contributed by atoms with Gasteiger partial charge in [-0.05, 0) is 35.5 Å². The van der Waals surface area contributed by atoms with Crippen molar-refractivity contribution in [3.63, 3.8) is 0 Å². The maximum Gasteiger partial charge on any atom is 0.311 e. The summed E-state index contributed by atoms with van der Waals surface area (Å²) in [6.45, 7) is 0. The largest absolute Gasteiger partial charge is 0.493 e. The maximum atomic E-state index is 11.3. The average Bonchev–Trinajstić information content (AvgIpc) is 2.78. The van der Waals surface area contributed by atoms with Gasteiger partial charge in [0, 0.05) is 7.05 Å². The van der Waals surface area contributed by atoms with Crippen molar-refractivity contribution in [2.24, 2.45) is 4.99 Å². The van der Waals surface area contributed by atoms with E-state index >= 15 is 0 Å². The molecule has 1 amide bonds. The van der Waals surface area contributed by atoms with Gasteiger partial charge in [-0.1, -0.05) is 6.07 Å². The fraction of sp³-hybridized carbons (Fsp3) is 0.231. The zero-order valence-electron chi connectivity index (χ0n) is 10.9. The molecule has 0 fully saturated rings. The van der Waals surface area contributed by atoms with E-state index in [1.54, 1.807) is 21.3 Å². The molecule has 0 aliphatic carbocycles. The SMILES string of the molecule is CNC1=NC(=O)S/C1=C\c1ccc(OC)c(OC)c1. The van der Waals surface area contributed by atoms with E-state index in [-0.39, 0.29) is 5.24 Å². The molecule has 0 aromatic heterocycles. The van der Waals surface area contributed by atoms with Gasteiger partial charge in [-0.25, -0.2) is 0 Å². The van der Waals surface area contributed by atoms with Crippen LogP contribution in [0.4, 0.5) is 4.79 Å². The number of methoxy groups -OCH3 is 2. The Balaban J connectivity index is 2.33. The van der Waals surface area contributed by atoms with Gasteiger partial charge in [0.25, 0.3) is 0 Å². The summed E-state index contributed by atoms with van der Waals surface area (Å²) in [5, 5.41) is 2.69. The summed E-state index contributed by atoms with van der Waals surface area (Å²) in [4.78, 5) is 15.9. The molecule has 0 saturated heterocycles. The Kier molecular flexibility index (Phi) is 4.11. The summed E-state index contributed by atoms with van der Waals surface area (Å²) in [6, 6.07) is 5.57. The molecule has 0 bridgehead atoms. The summed E-state index contributed by atoms with van der Waals surface area (Å²) in [5.41, 5.74) is 0.915. The Morgan fingerprint density at radius 3 is 2.63 bits per heavy atom. The second-order valence-corrected chi connectivity index (χ2v) is 4.69. The smallest absolute Gasteiger partial charge is 0.311 e. The van der Waals surface area contributed by atoms with Gasteiger partial charge in [-0.2, -0.15) is 4.99 Å². The standard InChI is InChI=1S/C13H14N2O3S/c1-14-12-11(19-13(16)15-12)7-8-4-5-9(17-2)10(6-8)18-3/h4-7H,1-3H3,(H,14,15,16)/b11-7-. The molecule has 1 N–H and O–H groups in total. The van der Waals surface area contributed by atoms with Crippen molar-refractivity contribution >= 4 is 28.9 Å². The van der Waals surface area contributed by atoms with E-state index < -0.39 is 0 Å². The van der Waals surface area contributed by atoms with Crippen molar-refractivity contribution in [3.8, 4) is 11.5 Å². The van der Waals surface area contributed by atoms with E-state index in [2.05, 4.69) is 10.3 Å². The van der Waals surface area contributed by atoms with Crippen LogP contribution in [0.15, 0.2) is 28.1 Å². The predicted octanol–water partition coefficient (Wildman–Crippen LogP) is 2.53. The van der Waals surface area contributed by atoms with Crippen LogP contribution < -0.4 is 14.8 Å². The molecule has 6 heteroatoms. The van der Waals surface area contributed by atoms with Crippen molar-refractivity contribution in [3.05, 3.63) is 28.7 Å². The summed E-state index contributed by atoms with van der Waals surface area (Å²) in [6.07, 6.45) is 1.88. The first-order valence-corrected chi connectivity index (χ1v) is 6.42. The van der Waals surface area contributed by atoms with Crippen molar-refractivity contribution in [2.75, 3.05) is 21.3 Å². The van der Waals surface area contributed by atoms with Gasteiger partial charge in [0.05, 0.1) is 19.1 Å². The number of ether oxygens (including phenoxy) is 2. The number of likely N-dealkylation sites (N-methyl/N-ethyl adjacent to an activating group) is 1. The molecule has 0 spiro atoms. The number of carbonyl (C=O) groups is 1. The van der Waals surface area contributed by atoms with E-state index in [4.69, 9.17) is 9.47 Å². The predicted molar refractivity (Wildman–Crippen MR) is 77.0 cm³/mol. The lowest BCUT2D eigenvalue weighted by Crippen LogP contribution is -2.16. The summed E-state index contributed by atoms with van der Waals surface area (Å²) < 4.78 is 10.4. The zero-order chi connectivity index (χ0) is 13.8. The van der Waals surface area contributed by atoms with Crippen LogP contribution in [-0.4, -0.2) is 32.3 Å². The summed E-state index contributed by atoms with van der Waals surface area (Å²) >= 11 is 1.10. The van der Waals surface area contributed by atoms with Crippen LogP contribution in [-0.2, 0) is 0 Å². The Bertz CT molecular complexity index is 567. The Morgan fingerprint density at radius 1 is 1.26 bits per heavy atom. The number of thioether (sulfide) groups is 1. The molecule has 19 heavy (non-hydrogen) atoms. The van der Waals surface area contributed by atoms with Gasteiger partial charge in [0.1, 0.15) is 5.84 Å². The maximum absolute atomic E-state index is 11.3. The van der Waals surface area contributed by atoms with Crippen molar-refractivity contribution < 1.29 is 14.3 Å². The van der Waals surface area contributed by atoms with Gasteiger partial charge in [-0.3, -0.25) is 4.79 Å². The van der Waals surface area contributed by atoms with E-state index in [1.807, 2.05) is 24.3 Å². The van der Waals surface area contributed by atoms with Gasteiger partial charge >= 0.3 is 5.24 Å². The number of hydrogen-bond donors (Lipinski definition) is 1. The highest BCUT2D eigenvalue weighted by Gasteiger charge is 2.20. The highest BCUT2D eigenvalue weighted by Crippen LogP contribution is 2.32. The first-order chi connectivity index (χ1) is 9.17. The summed E-state index contributed by atoms with van der Waals surface area (Å²) in [5.74, 6) is 1.90. The highest BCUT2D eigenvalue weighted by atomic mass is 32.2. The molecule has 2 rings (SSSR count). The number of aliphatic imine (C=N–C) groups is 1. The molecule has 100 valence electrons. The lowest BCUT2D eigenvalue weighted by molar-refractivity contribution is 0.268. The van der Waals surface area contributed by atoms with E-state index in [9.17, 15) is 4.79 Å². The van der Waals surface area contributed by atoms with Crippen LogP contribution in [0.2, 0.25) is 0 Å². The first kappa shape index (κ1) is 13.5. The molecule has 1 aromatic rings. The number of benzene rings is 1. The number of rotatable bonds is 3. The minimum Gasteiger partial charge on any atom is -0.493 e. The number of amides is 1. The molecule has 1 aliphatic rings. The third kappa shape index (κ3) is 2.90. The highest BCUT2D eigenvalue weighted by molar-refractivity contribution is 8.18. The Hall–Kier alpha value is -1.95. The molecule has 0 atom stereocenters. The zero-order valence-corrected chi connectivity index (χ0v) is 11.7. The average molecular weight is 278 g/mol. The quantitative estimate of drug-likeness (QED) is 0.920. The van der Waals surface area contributed by atoms with Crippen LogP contribution in [0.3, 0.4) is 0 Å². The van der Waals surface area contributed by atoms with Crippen LogP contribution in [0.5, 0.6) is 11.5 Å². The van der Waals surface area contributed by atoms with Gasteiger partial charge in [0.2, 0.25) is 0 Å². The second kappa shape index (κ2) is 5.79. The first-order valence-electron chi connectivity index (χ1n) is 5.60. The topological polar surface area (TPSA) is 59.9 Å². The van der Waals surface area contributed by atoms with Gasteiger partial charge in [0.15, 0.2) is 11.5 Å².